The Balaban J connectivity index is 1.61. The third-order valence-corrected chi connectivity index (χ3v) is 7.99. The lowest BCUT2D eigenvalue weighted by Crippen LogP contribution is -2.25. The first-order valence-corrected chi connectivity index (χ1v) is 13.9. The molecule has 3 rings (SSSR count). The van der Waals surface area contributed by atoms with Gasteiger partial charge in [0, 0.05) is 17.2 Å². The average Bonchev–Trinajstić information content (AvgIpc) is 3.20. The highest BCUT2D eigenvalue weighted by molar-refractivity contribution is 14.1. The van der Waals surface area contributed by atoms with Gasteiger partial charge in [-0.1, -0.05) is 44.2 Å². The maximum Gasteiger partial charge on any atom is 0.149 e. The van der Waals surface area contributed by atoms with E-state index < -0.39 is 6.10 Å². The zero-order valence-corrected chi connectivity index (χ0v) is 25.0. The van der Waals surface area contributed by atoms with Gasteiger partial charge >= 0.3 is 0 Å². The van der Waals surface area contributed by atoms with Gasteiger partial charge in [-0.05, 0) is 80.6 Å². The number of nitrogens with zero attached hydrogens (tertiary/aromatic N) is 3. The van der Waals surface area contributed by atoms with Crippen LogP contribution in [-0.4, -0.2) is 50.4 Å². The number of aliphatic hydroxyl groups excluding tert-OH is 2. The molecule has 0 bridgehead atoms. The van der Waals surface area contributed by atoms with E-state index in [1.165, 1.54) is 10.2 Å². The minimum atomic E-state index is -0.788. The molecule has 0 saturated heterocycles. The minimum Gasteiger partial charge on any atom is -0.492 e. The second-order valence-corrected chi connectivity index (χ2v) is 11.5. The van der Waals surface area contributed by atoms with Crippen molar-refractivity contribution in [2.75, 3.05) is 19.1 Å². The lowest BCUT2D eigenvalue weighted by Gasteiger charge is -2.27. The van der Waals surface area contributed by atoms with Crippen molar-refractivity contribution < 1.29 is 19.7 Å². The molecule has 10 heteroatoms. The van der Waals surface area contributed by atoms with E-state index in [0.29, 0.717) is 33.5 Å². The van der Waals surface area contributed by atoms with Gasteiger partial charge in [-0.15, -0.1) is 16.7 Å². The number of hydrogen-bond acceptors (Lipinski definition) is 6. The van der Waals surface area contributed by atoms with Crippen LogP contribution in [0.25, 0.3) is 0 Å². The second kappa shape index (κ2) is 12.9. The van der Waals surface area contributed by atoms with Crippen LogP contribution in [0.1, 0.15) is 37.6 Å². The molecule has 2 N–H and O–H groups in total. The summed E-state index contributed by atoms with van der Waals surface area (Å²) in [6.07, 6.45) is -0.788. The first-order chi connectivity index (χ1) is 16.6. The van der Waals surface area contributed by atoms with Crippen molar-refractivity contribution in [1.29, 1.82) is 0 Å². The lowest BCUT2D eigenvalue weighted by molar-refractivity contribution is 0.0866. The molecule has 0 unspecified atom stereocenters. The molecule has 7 nitrogen and oxygen atoms in total. The van der Waals surface area contributed by atoms with E-state index in [2.05, 4.69) is 65.8 Å². The molecule has 0 fully saturated rings. The van der Waals surface area contributed by atoms with Gasteiger partial charge in [-0.2, -0.15) is 0 Å². The zero-order valence-electron chi connectivity index (χ0n) is 19.9. The number of benzene rings is 2. The molecule has 1 heterocycles. The van der Waals surface area contributed by atoms with Crippen LogP contribution in [0.15, 0.2) is 42.5 Å². The quantitative estimate of drug-likeness (QED) is 0.202. The summed E-state index contributed by atoms with van der Waals surface area (Å²) in [4.78, 5) is 0. The molecule has 35 heavy (non-hydrogen) atoms. The third-order valence-electron chi connectivity index (χ3n) is 5.78. The highest BCUT2D eigenvalue weighted by Gasteiger charge is 2.24. The van der Waals surface area contributed by atoms with Crippen molar-refractivity contribution in [3.05, 3.63) is 66.6 Å². The third kappa shape index (κ3) is 7.43. The van der Waals surface area contributed by atoms with Gasteiger partial charge < -0.3 is 19.7 Å². The van der Waals surface area contributed by atoms with Crippen molar-refractivity contribution >= 4 is 56.8 Å². The largest absolute Gasteiger partial charge is 0.492 e. The second-order valence-electron chi connectivity index (χ2n) is 9.00. The van der Waals surface area contributed by atoms with Crippen LogP contribution in [-0.2, 0) is 18.6 Å². The number of ether oxygens (including phenoxy) is 2. The summed E-state index contributed by atoms with van der Waals surface area (Å²) in [7, 11) is 0. The molecular weight excluding hydrogens is 696 g/mol. The fourth-order valence-corrected chi connectivity index (χ4v) is 4.77. The van der Waals surface area contributed by atoms with Gasteiger partial charge in [0.1, 0.15) is 27.9 Å². The van der Waals surface area contributed by atoms with E-state index >= 15 is 0 Å². The van der Waals surface area contributed by atoms with Crippen LogP contribution >= 0.6 is 56.8 Å². The van der Waals surface area contributed by atoms with Crippen molar-refractivity contribution in [2.24, 2.45) is 5.92 Å². The summed E-state index contributed by atoms with van der Waals surface area (Å²) in [5.41, 5.74) is 2.70. The molecule has 2 aromatic carbocycles. The molecular formula is C25H30ClI2N3O4. The van der Waals surface area contributed by atoms with Gasteiger partial charge in [0.05, 0.1) is 29.0 Å². The number of rotatable bonds is 12. The summed E-state index contributed by atoms with van der Waals surface area (Å²) < 4.78 is 14.9. The van der Waals surface area contributed by atoms with Crippen LogP contribution < -0.4 is 9.47 Å². The molecule has 0 aliphatic carbocycles. The molecule has 1 aromatic heterocycles. The van der Waals surface area contributed by atoms with Crippen molar-refractivity contribution in [3.63, 3.8) is 0 Å². The summed E-state index contributed by atoms with van der Waals surface area (Å²) in [6.45, 7) is 7.15. The van der Waals surface area contributed by atoms with Gasteiger partial charge in [0.25, 0.3) is 0 Å². The first-order valence-electron chi connectivity index (χ1n) is 11.2. The molecule has 190 valence electrons. The Labute approximate surface area is 238 Å². The number of aliphatic hydroxyl groups is 2. The Kier molecular flexibility index (Phi) is 10.5. The first kappa shape index (κ1) is 28.4. The maximum absolute atomic E-state index is 10.3. The van der Waals surface area contributed by atoms with E-state index in [9.17, 15) is 10.2 Å². The Morgan fingerprint density at radius 3 is 2.37 bits per heavy atom. The number of halogens is 3. The zero-order chi connectivity index (χ0) is 25.6. The van der Waals surface area contributed by atoms with Crippen molar-refractivity contribution in [1.82, 2.24) is 15.0 Å². The highest BCUT2D eigenvalue weighted by atomic mass is 127. The SMILES string of the molecule is C[C@H](CCl)COc1ccc(C(C)(C)c2ccc(OC[C@@H](O)Cn3nnc(I)c3CO)cc2)cc1I. The molecule has 0 spiro atoms. The van der Waals surface area contributed by atoms with E-state index in [-0.39, 0.29) is 25.2 Å². The number of aromatic nitrogens is 3. The minimum absolute atomic E-state index is 0.103. The van der Waals surface area contributed by atoms with Gasteiger partial charge in [0.2, 0.25) is 0 Å². The molecule has 0 aliphatic heterocycles. The maximum atomic E-state index is 10.3. The van der Waals surface area contributed by atoms with E-state index in [4.69, 9.17) is 21.1 Å². The topological polar surface area (TPSA) is 89.6 Å². The standard InChI is InChI=1S/C25H30ClI2N3O4/c1-16(11-26)14-35-23-9-6-18(10-21(23)27)25(2,3)17-4-7-20(8-5-17)34-15-19(33)12-31-22(13-32)24(28)29-30-31/h4-10,16,19,32-33H,11-15H2,1-3H3/t16-,19+/m1/s1. The van der Waals surface area contributed by atoms with Crippen LogP contribution in [0.3, 0.4) is 0 Å². The Morgan fingerprint density at radius 1 is 1.06 bits per heavy atom. The monoisotopic (exact) mass is 725 g/mol. The van der Waals surface area contributed by atoms with E-state index in [0.717, 1.165) is 14.9 Å². The predicted octanol–water partition coefficient (Wildman–Crippen LogP) is 5.00. The summed E-state index contributed by atoms with van der Waals surface area (Å²) in [5.74, 6) is 2.42. The molecule has 3 aromatic rings. The van der Waals surface area contributed by atoms with Gasteiger partial charge in [-0.25, -0.2) is 4.68 Å². The van der Waals surface area contributed by atoms with Crippen LogP contribution in [0, 0.1) is 13.2 Å². The van der Waals surface area contributed by atoms with Gasteiger partial charge in [0.15, 0.2) is 0 Å². The molecule has 0 radical (unpaired) electrons. The molecule has 2 atom stereocenters. The van der Waals surface area contributed by atoms with Crippen molar-refractivity contribution in [3.8, 4) is 11.5 Å². The molecule has 0 amide bonds. The summed E-state index contributed by atoms with van der Waals surface area (Å²) >= 11 is 10.2. The fourth-order valence-electron chi connectivity index (χ4n) is 3.47. The van der Waals surface area contributed by atoms with Crippen LogP contribution in [0.4, 0.5) is 0 Å². The fraction of sp³-hybridized carbons (Fsp3) is 0.440. The Hall–Kier alpha value is -1.15. The molecule has 0 saturated carbocycles. The van der Waals surface area contributed by atoms with Gasteiger partial charge in [-0.3, -0.25) is 0 Å². The highest BCUT2D eigenvalue weighted by Crippen LogP contribution is 2.35. The Morgan fingerprint density at radius 2 is 1.74 bits per heavy atom. The van der Waals surface area contributed by atoms with E-state index in [1.807, 2.05) is 52.9 Å². The number of hydrogen-bond donors (Lipinski definition) is 2. The predicted molar refractivity (Wildman–Crippen MR) is 153 cm³/mol. The number of alkyl halides is 1. The Bertz CT molecular complexity index is 1110. The average molecular weight is 726 g/mol. The summed E-state index contributed by atoms with van der Waals surface area (Å²) in [6, 6.07) is 14.2. The summed E-state index contributed by atoms with van der Waals surface area (Å²) in [5, 5.41) is 27.7. The van der Waals surface area contributed by atoms with Crippen molar-refractivity contribution in [2.45, 2.75) is 45.4 Å². The van der Waals surface area contributed by atoms with Crippen LogP contribution in [0.5, 0.6) is 11.5 Å². The normalized spacial score (nSPS) is 13.5. The smallest absolute Gasteiger partial charge is 0.149 e. The van der Waals surface area contributed by atoms with Crippen LogP contribution in [0.2, 0.25) is 0 Å². The van der Waals surface area contributed by atoms with E-state index in [1.54, 1.807) is 0 Å². The molecule has 0 aliphatic rings. The lowest BCUT2D eigenvalue weighted by atomic mass is 9.78.